The second-order valence-corrected chi connectivity index (χ2v) is 10.1. The minimum absolute atomic E-state index is 0.0109. The van der Waals surface area contributed by atoms with Crippen LogP contribution in [0.15, 0.2) is 65.7 Å². The molecule has 2 N–H and O–H groups in total. The average molecular weight is 484 g/mol. The molecule has 1 aliphatic heterocycles. The highest BCUT2D eigenvalue weighted by molar-refractivity contribution is 8.00. The Morgan fingerprint density at radius 2 is 1.68 bits per heavy atom. The Morgan fingerprint density at radius 3 is 2.35 bits per heavy atom. The van der Waals surface area contributed by atoms with E-state index >= 15 is 0 Å². The molecule has 8 heteroatoms. The first-order chi connectivity index (χ1) is 16.3. The van der Waals surface area contributed by atoms with Crippen molar-refractivity contribution in [1.82, 2.24) is 10.3 Å². The molecule has 2 aliphatic rings. The number of nitrogens with zero attached hydrogens (tertiary/aromatic N) is 1. The molecule has 3 aromatic rings. The van der Waals surface area contributed by atoms with Gasteiger partial charge in [0.1, 0.15) is 5.82 Å². The molecule has 2 heterocycles. The first-order valence-corrected chi connectivity index (χ1v) is 12.2. The second-order valence-electron chi connectivity index (χ2n) is 8.74. The number of thioether (sulfide) groups is 1. The van der Waals surface area contributed by atoms with Gasteiger partial charge in [-0.3, -0.25) is 4.79 Å². The predicted octanol–water partition coefficient (Wildman–Crippen LogP) is 6.53. The van der Waals surface area contributed by atoms with Crippen LogP contribution in [0, 0.1) is 0 Å². The van der Waals surface area contributed by atoms with Crippen LogP contribution in [-0.2, 0) is 12.7 Å². The summed E-state index contributed by atoms with van der Waals surface area (Å²) in [4.78, 5) is 17.1. The standard InChI is InChI=1S/C26H24F3N3OS/c27-26(28,29)19-5-12-24(30-15-19)32-20-6-10-22(11-7-20)34-21-8-3-16(4-9-21)17-1-2-18-14-31-25(33)23(18)13-17/h1-5,8-9,12-13,15,20,22H,6-7,10-11,14H2,(H,30,32)(H,31,33)/t20-,22-. The SMILES string of the molecule is O=C1NCc2ccc(-c3ccc(S[C@H]4CC[C@H](Nc5ccc(C(F)(F)F)cn5)CC4)cc3)cc21. The van der Waals surface area contributed by atoms with Crippen molar-refractivity contribution in [2.75, 3.05) is 5.32 Å². The van der Waals surface area contributed by atoms with Gasteiger partial charge in [0.2, 0.25) is 0 Å². The maximum Gasteiger partial charge on any atom is 0.417 e. The van der Waals surface area contributed by atoms with E-state index in [1.165, 1.54) is 11.0 Å². The minimum atomic E-state index is -4.36. The molecular weight excluding hydrogens is 459 g/mol. The molecule has 34 heavy (non-hydrogen) atoms. The van der Waals surface area contributed by atoms with E-state index in [1.54, 1.807) is 0 Å². The average Bonchev–Trinajstić information content (AvgIpc) is 3.21. The van der Waals surface area contributed by atoms with Crippen LogP contribution < -0.4 is 10.6 Å². The van der Waals surface area contributed by atoms with Crippen molar-refractivity contribution >= 4 is 23.5 Å². The summed E-state index contributed by atoms with van der Waals surface area (Å²) in [6.07, 6.45) is 0.488. The van der Waals surface area contributed by atoms with Crippen LogP contribution in [0.1, 0.15) is 47.2 Å². The van der Waals surface area contributed by atoms with Gasteiger partial charge in [-0.25, -0.2) is 4.98 Å². The molecule has 5 rings (SSSR count). The number of carbonyl (C=O) groups excluding carboxylic acids is 1. The largest absolute Gasteiger partial charge is 0.417 e. The molecule has 0 radical (unpaired) electrons. The summed E-state index contributed by atoms with van der Waals surface area (Å²) in [7, 11) is 0. The molecule has 1 aromatic heterocycles. The monoisotopic (exact) mass is 483 g/mol. The van der Waals surface area contributed by atoms with E-state index in [2.05, 4.69) is 45.9 Å². The number of hydrogen-bond donors (Lipinski definition) is 2. The Kier molecular flexibility index (Phi) is 6.25. The number of amides is 1. The maximum absolute atomic E-state index is 12.7. The molecule has 1 saturated carbocycles. The van der Waals surface area contributed by atoms with E-state index < -0.39 is 11.7 Å². The van der Waals surface area contributed by atoms with Crippen LogP contribution in [0.5, 0.6) is 0 Å². The Hall–Kier alpha value is -3.00. The van der Waals surface area contributed by atoms with Gasteiger partial charge in [-0.1, -0.05) is 24.3 Å². The summed E-state index contributed by atoms with van der Waals surface area (Å²) in [5.41, 5.74) is 3.19. The maximum atomic E-state index is 12.7. The molecule has 0 unspecified atom stereocenters. The third-order valence-electron chi connectivity index (χ3n) is 6.40. The number of nitrogens with one attached hydrogen (secondary N) is 2. The second kappa shape index (κ2) is 9.33. The van der Waals surface area contributed by atoms with Gasteiger partial charge >= 0.3 is 6.18 Å². The van der Waals surface area contributed by atoms with Gasteiger partial charge < -0.3 is 10.6 Å². The van der Waals surface area contributed by atoms with Crippen molar-refractivity contribution in [3.63, 3.8) is 0 Å². The lowest BCUT2D eigenvalue weighted by Crippen LogP contribution is -2.27. The van der Waals surface area contributed by atoms with Gasteiger partial charge in [-0.05, 0) is 72.7 Å². The highest BCUT2D eigenvalue weighted by Crippen LogP contribution is 2.36. The van der Waals surface area contributed by atoms with Crippen LogP contribution in [0.3, 0.4) is 0 Å². The van der Waals surface area contributed by atoms with Crippen LogP contribution in [0.2, 0.25) is 0 Å². The fraction of sp³-hybridized carbons (Fsp3) is 0.308. The molecule has 0 spiro atoms. The van der Waals surface area contributed by atoms with E-state index in [0.29, 0.717) is 17.6 Å². The number of carbonyl (C=O) groups is 1. The highest BCUT2D eigenvalue weighted by atomic mass is 32.2. The summed E-state index contributed by atoms with van der Waals surface area (Å²) in [6.45, 7) is 0.600. The first kappa shape index (κ1) is 22.8. The Morgan fingerprint density at radius 1 is 0.941 bits per heavy atom. The fourth-order valence-corrected chi connectivity index (χ4v) is 5.68. The Labute approximate surface area is 200 Å². The van der Waals surface area contributed by atoms with Gasteiger partial charge in [0.25, 0.3) is 5.91 Å². The summed E-state index contributed by atoms with van der Waals surface area (Å²) >= 11 is 1.87. The number of aromatic nitrogens is 1. The molecule has 1 aliphatic carbocycles. The molecule has 4 nitrogen and oxygen atoms in total. The summed E-state index contributed by atoms with van der Waals surface area (Å²) in [5, 5.41) is 6.63. The Balaban J connectivity index is 1.13. The lowest BCUT2D eigenvalue weighted by atomic mass is 9.95. The zero-order chi connectivity index (χ0) is 23.7. The van der Waals surface area contributed by atoms with E-state index in [4.69, 9.17) is 0 Å². The summed E-state index contributed by atoms with van der Waals surface area (Å²) < 4.78 is 38.1. The molecule has 0 atom stereocenters. The lowest BCUT2D eigenvalue weighted by Gasteiger charge is -2.29. The Bertz CT molecular complexity index is 1170. The van der Waals surface area contributed by atoms with Crippen molar-refractivity contribution in [3.05, 3.63) is 77.5 Å². The van der Waals surface area contributed by atoms with Crippen LogP contribution in [0.25, 0.3) is 11.1 Å². The van der Waals surface area contributed by atoms with Crippen LogP contribution in [0.4, 0.5) is 19.0 Å². The van der Waals surface area contributed by atoms with Crippen molar-refractivity contribution < 1.29 is 18.0 Å². The molecular formula is C26H24F3N3OS. The fourth-order valence-electron chi connectivity index (χ4n) is 4.49. The number of alkyl halides is 3. The molecule has 0 saturated heterocycles. The lowest BCUT2D eigenvalue weighted by molar-refractivity contribution is -0.137. The van der Waals surface area contributed by atoms with Crippen molar-refractivity contribution in [3.8, 4) is 11.1 Å². The normalized spacial score (nSPS) is 20.0. The van der Waals surface area contributed by atoms with Gasteiger partial charge in [0.05, 0.1) is 5.56 Å². The smallest absolute Gasteiger partial charge is 0.367 e. The predicted molar refractivity (Wildman–Crippen MR) is 128 cm³/mol. The summed E-state index contributed by atoms with van der Waals surface area (Å²) in [5.74, 6) is 0.479. The number of benzene rings is 2. The van der Waals surface area contributed by atoms with E-state index in [-0.39, 0.29) is 11.9 Å². The van der Waals surface area contributed by atoms with Crippen molar-refractivity contribution in [2.45, 2.75) is 54.6 Å². The summed E-state index contributed by atoms with van der Waals surface area (Å²) in [6, 6.07) is 17.2. The van der Waals surface area contributed by atoms with Crippen LogP contribution >= 0.6 is 11.8 Å². The van der Waals surface area contributed by atoms with Gasteiger partial charge in [-0.2, -0.15) is 13.2 Å². The minimum Gasteiger partial charge on any atom is -0.367 e. The third-order valence-corrected chi connectivity index (χ3v) is 7.75. The van der Waals surface area contributed by atoms with Gasteiger partial charge in [-0.15, -0.1) is 11.8 Å². The topological polar surface area (TPSA) is 54.0 Å². The molecule has 0 bridgehead atoms. The number of halogens is 3. The molecule has 1 amide bonds. The number of fused-ring (bicyclic) bond motifs is 1. The van der Waals surface area contributed by atoms with Crippen molar-refractivity contribution in [1.29, 1.82) is 0 Å². The van der Waals surface area contributed by atoms with E-state index in [0.717, 1.165) is 60.2 Å². The van der Waals surface area contributed by atoms with E-state index in [9.17, 15) is 18.0 Å². The van der Waals surface area contributed by atoms with Gasteiger partial charge in [0.15, 0.2) is 0 Å². The van der Waals surface area contributed by atoms with E-state index in [1.807, 2.05) is 23.9 Å². The number of anilines is 1. The molecule has 176 valence electrons. The first-order valence-electron chi connectivity index (χ1n) is 11.3. The molecule has 2 aromatic carbocycles. The van der Waals surface area contributed by atoms with Gasteiger partial charge in [0, 0.05) is 34.5 Å². The van der Waals surface area contributed by atoms with Crippen molar-refractivity contribution in [2.24, 2.45) is 0 Å². The zero-order valence-electron chi connectivity index (χ0n) is 18.4. The quantitative estimate of drug-likeness (QED) is 0.434. The third kappa shape index (κ3) is 5.06. The highest BCUT2D eigenvalue weighted by Gasteiger charge is 2.31. The molecule has 1 fully saturated rings. The number of rotatable bonds is 5. The number of hydrogen-bond acceptors (Lipinski definition) is 4. The zero-order valence-corrected chi connectivity index (χ0v) is 19.2. The number of pyridine rings is 1. The van der Waals surface area contributed by atoms with Crippen LogP contribution in [-0.4, -0.2) is 22.2 Å².